The van der Waals surface area contributed by atoms with Crippen LogP contribution in [-0.2, 0) is 0 Å². The molecule has 0 unspecified atom stereocenters. The quantitative estimate of drug-likeness (QED) is 0.322. The van der Waals surface area contributed by atoms with Crippen LogP contribution in [0.4, 0.5) is 0 Å². The number of hydrogen-bond donors (Lipinski definition) is 0. The molecular weight excluding hydrogens is 252 g/mol. The van der Waals surface area contributed by atoms with Crippen molar-refractivity contribution in [3.8, 4) is 11.1 Å². The number of benzene rings is 3. The first-order chi connectivity index (χ1) is 10.3. The molecule has 0 aromatic heterocycles. The highest BCUT2D eigenvalue weighted by atomic mass is 14.2. The lowest BCUT2D eigenvalue weighted by atomic mass is 9.98. The third-order valence-corrected chi connectivity index (χ3v) is 4.67. The van der Waals surface area contributed by atoms with Gasteiger partial charge in [0.1, 0.15) is 0 Å². The van der Waals surface area contributed by atoms with Crippen LogP contribution in [0, 0.1) is 6.92 Å². The van der Waals surface area contributed by atoms with Crippen LogP contribution in [0.25, 0.3) is 43.4 Å². The molecule has 0 heterocycles. The Hall–Kier alpha value is -2.60. The Kier molecular flexibility index (Phi) is 1.97. The first kappa shape index (κ1) is 11.1. The van der Waals surface area contributed by atoms with Gasteiger partial charge in [-0.25, -0.2) is 0 Å². The summed E-state index contributed by atoms with van der Waals surface area (Å²) in [6, 6.07) is 24.6. The van der Waals surface area contributed by atoms with Crippen LogP contribution in [-0.4, -0.2) is 0 Å². The van der Waals surface area contributed by atoms with Gasteiger partial charge in [-0.15, -0.1) is 0 Å². The molecule has 0 fully saturated rings. The van der Waals surface area contributed by atoms with E-state index >= 15 is 0 Å². The van der Waals surface area contributed by atoms with Crippen molar-refractivity contribution in [2.24, 2.45) is 0 Å². The zero-order chi connectivity index (χ0) is 14.0. The summed E-state index contributed by atoms with van der Waals surface area (Å²) in [5, 5.41) is 8.25. The summed E-state index contributed by atoms with van der Waals surface area (Å²) in [5.41, 5.74) is 4.01. The van der Waals surface area contributed by atoms with Gasteiger partial charge in [0, 0.05) is 0 Å². The van der Waals surface area contributed by atoms with Crippen LogP contribution < -0.4 is 0 Å². The predicted molar refractivity (Wildman–Crippen MR) is 91.5 cm³/mol. The average Bonchev–Trinajstić information content (AvgIpc) is 2.70. The minimum atomic E-state index is 1.30. The van der Waals surface area contributed by atoms with E-state index in [4.69, 9.17) is 0 Å². The van der Waals surface area contributed by atoms with Crippen molar-refractivity contribution in [3.05, 3.63) is 72.3 Å². The van der Waals surface area contributed by atoms with Crippen molar-refractivity contribution < 1.29 is 0 Å². The van der Waals surface area contributed by atoms with Gasteiger partial charge in [0.05, 0.1) is 0 Å². The molecule has 5 rings (SSSR count). The van der Waals surface area contributed by atoms with Gasteiger partial charge in [-0.05, 0) is 50.4 Å². The van der Waals surface area contributed by atoms with E-state index in [0.717, 1.165) is 0 Å². The lowest BCUT2D eigenvalue weighted by molar-refractivity contribution is 1.52. The Morgan fingerprint density at radius 3 is 1.67 bits per heavy atom. The average molecular weight is 266 g/mol. The third-order valence-electron chi connectivity index (χ3n) is 4.67. The molecule has 0 nitrogen and oxygen atoms in total. The molecule has 0 saturated heterocycles. The second-order valence-corrected chi connectivity index (χ2v) is 5.92. The zero-order valence-corrected chi connectivity index (χ0v) is 11.9. The Bertz CT molecular complexity index is 1010. The lowest BCUT2D eigenvalue weighted by Crippen LogP contribution is -1.78. The topological polar surface area (TPSA) is 0 Å². The van der Waals surface area contributed by atoms with E-state index in [-0.39, 0.29) is 0 Å². The van der Waals surface area contributed by atoms with Crippen molar-refractivity contribution in [3.63, 3.8) is 0 Å². The van der Waals surface area contributed by atoms with Crippen LogP contribution in [0.3, 0.4) is 0 Å². The van der Waals surface area contributed by atoms with E-state index in [2.05, 4.69) is 73.7 Å². The molecule has 0 atom stereocenters. The normalized spacial score (nSPS) is 12.0. The van der Waals surface area contributed by atoms with Gasteiger partial charge in [0.25, 0.3) is 0 Å². The smallest absolute Gasteiger partial charge is 0.00143 e. The van der Waals surface area contributed by atoms with Crippen molar-refractivity contribution in [2.45, 2.75) is 6.92 Å². The number of aryl methyl sites for hydroxylation is 1. The fourth-order valence-corrected chi connectivity index (χ4v) is 3.67. The fourth-order valence-electron chi connectivity index (χ4n) is 3.67. The summed E-state index contributed by atoms with van der Waals surface area (Å²) in [7, 11) is 0. The maximum Gasteiger partial charge on any atom is -0.00143 e. The van der Waals surface area contributed by atoms with Crippen LogP contribution >= 0.6 is 0 Å². The SMILES string of the molecule is Cc1ccc2c3ccc4cccc5ccc(c-2cc1)c3c45. The van der Waals surface area contributed by atoms with Gasteiger partial charge in [0.2, 0.25) is 0 Å². The molecule has 2 aliphatic carbocycles. The lowest BCUT2D eigenvalue weighted by Gasteiger charge is -2.05. The van der Waals surface area contributed by atoms with Crippen molar-refractivity contribution >= 4 is 32.3 Å². The first-order valence-corrected chi connectivity index (χ1v) is 7.39. The van der Waals surface area contributed by atoms with E-state index in [0.29, 0.717) is 0 Å². The number of hydrogen-bond acceptors (Lipinski definition) is 0. The summed E-state index contributed by atoms with van der Waals surface area (Å²) in [4.78, 5) is 0. The molecule has 0 saturated carbocycles. The maximum atomic E-state index is 2.28. The van der Waals surface area contributed by atoms with Crippen molar-refractivity contribution in [1.82, 2.24) is 0 Å². The summed E-state index contributed by atoms with van der Waals surface area (Å²) >= 11 is 0. The molecule has 0 heteroatoms. The summed E-state index contributed by atoms with van der Waals surface area (Å²) in [6.45, 7) is 2.15. The van der Waals surface area contributed by atoms with E-state index < -0.39 is 0 Å². The molecule has 0 aliphatic heterocycles. The van der Waals surface area contributed by atoms with Crippen LogP contribution in [0.1, 0.15) is 5.56 Å². The Labute approximate surface area is 123 Å². The highest BCUT2D eigenvalue weighted by Gasteiger charge is 2.17. The van der Waals surface area contributed by atoms with Gasteiger partial charge in [-0.2, -0.15) is 0 Å². The molecule has 2 aliphatic rings. The molecule has 3 aromatic carbocycles. The van der Waals surface area contributed by atoms with Crippen LogP contribution in [0.5, 0.6) is 0 Å². The zero-order valence-electron chi connectivity index (χ0n) is 11.9. The van der Waals surface area contributed by atoms with Gasteiger partial charge in [-0.3, -0.25) is 0 Å². The van der Waals surface area contributed by atoms with E-state index in [1.54, 1.807) is 0 Å². The van der Waals surface area contributed by atoms with Gasteiger partial charge >= 0.3 is 0 Å². The van der Waals surface area contributed by atoms with Gasteiger partial charge in [0.15, 0.2) is 0 Å². The molecule has 21 heavy (non-hydrogen) atoms. The highest BCUT2D eigenvalue weighted by Crippen LogP contribution is 2.44. The Morgan fingerprint density at radius 2 is 1.10 bits per heavy atom. The summed E-state index contributed by atoms with van der Waals surface area (Å²) < 4.78 is 0. The Morgan fingerprint density at radius 1 is 0.524 bits per heavy atom. The largest absolute Gasteiger partial charge is 0.0610 e. The molecule has 0 bridgehead atoms. The number of fused-ring (bicyclic) bond motifs is 3. The van der Waals surface area contributed by atoms with Crippen molar-refractivity contribution in [1.29, 1.82) is 0 Å². The molecule has 0 radical (unpaired) electrons. The maximum absolute atomic E-state index is 2.28. The van der Waals surface area contributed by atoms with Crippen LogP contribution in [0.2, 0.25) is 0 Å². The highest BCUT2D eigenvalue weighted by molar-refractivity contribution is 6.30. The van der Waals surface area contributed by atoms with Gasteiger partial charge < -0.3 is 0 Å². The fraction of sp³-hybridized carbons (Fsp3) is 0.0476. The van der Waals surface area contributed by atoms with Crippen LogP contribution in [0.15, 0.2) is 66.7 Å². The van der Waals surface area contributed by atoms with E-state index in [1.165, 1.54) is 49.0 Å². The van der Waals surface area contributed by atoms with Gasteiger partial charge in [-0.1, -0.05) is 72.3 Å². The van der Waals surface area contributed by atoms with E-state index in [9.17, 15) is 0 Å². The third kappa shape index (κ3) is 1.34. The summed E-state index contributed by atoms with van der Waals surface area (Å²) in [6.07, 6.45) is 0. The molecule has 0 N–H and O–H groups in total. The second-order valence-electron chi connectivity index (χ2n) is 5.92. The molecule has 98 valence electrons. The van der Waals surface area contributed by atoms with E-state index in [1.807, 2.05) is 0 Å². The monoisotopic (exact) mass is 266 g/mol. The van der Waals surface area contributed by atoms with Crippen molar-refractivity contribution in [2.75, 3.05) is 0 Å². The molecular formula is C21H14. The Balaban J connectivity index is 2.16. The molecule has 0 spiro atoms. The molecule has 3 aromatic rings. The molecule has 0 amide bonds. The predicted octanol–water partition coefficient (Wildman–Crippen LogP) is 6.00. The minimum Gasteiger partial charge on any atom is -0.0610 e. The number of rotatable bonds is 0. The summed E-state index contributed by atoms with van der Waals surface area (Å²) in [5.74, 6) is 0. The standard InChI is InChI=1S/C21H14/c1-13-5-9-16-17(10-6-13)19-12-8-15-4-2-3-14-7-11-18(16)21(19)20(14)15/h2-12H,1H3. The second kappa shape index (κ2) is 3.73. The first-order valence-electron chi connectivity index (χ1n) is 7.39. The minimum absolute atomic E-state index is 1.30.